The predicted molar refractivity (Wildman–Crippen MR) is 58.1 cm³/mol. The highest BCUT2D eigenvalue weighted by molar-refractivity contribution is 5.88. The Hall–Kier alpha value is -1.88. The van der Waals surface area contributed by atoms with Crippen molar-refractivity contribution in [3.63, 3.8) is 0 Å². The predicted octanol–water partition coefficient (Wildman–Crippen LogP) is 1.42. The van der Waals surface area contributed by atoms with E-state index in [1.165, 1.54) is 14.0 Å². The second-order valence-corrected chi connectivity index (χ2v) is 3.26. The van der Waals surface area contributed by atoms with Gasteiger partial charge in [-0.3, -0.25) is 4.79 Å². The molecule has 2 N–H and O–H groups in total. The topological polar surface area (TPSA) is 75.6 Å². The Morgan fingerprint density at radius 3 is 2.25 bits per heavy atom. The number of aliphatic carboxylic acids is 1. The van der Waals surface area contributed by atoms with Crippen molar-refractivity contribution in [2.75, 3.05) is 12.4 Å². The average Bonchev–Trinajstić information content (AvgIpc) is 2.20. The Kier molecular flexibility index (Phi) is 4.02. The first-order chi connectivity index (χ1) is 7.54. The fraction of sp³-hybridized carbons (Fsp3) is 0.273. The molecule has 0 saturated carbocycles. The maximum Gasteiger partial charge on any atom is 0.337 e. The Bertz CT molecular complexity index is 385. The molecule has 1 amide bonds. The van der Waals surface area contributed by atoms with Crippen LogP contribution in [0.1, 0.15) is 18.6 Å². The van der Waals surface area contributed by atoms with Gasteiger partial charge in [0.15, 0.2) is 6.10 Å². The molecule has 0 aliphatic heterocycles. The fourth-order valence-corrected chi connectivity index (χ4v) is 1.32. The number of carboxylic acid groups (broad SMARTS) is 1. The number of ether oxygens (including phenoxy) is 1. The van der Waals surface area contributed by atoms with Crippen LogP contribution < -0.4 is 5.32 Å². The monoisotopic (exact) mass is 223 g/mol. The Balaban J connectivity index is 2.85. The quantitative estimate of drug-likeness (QED) is 0.809. The van der Waals surface area contributed by atoms with Crippen molar-refractivity contribution in [2.24, 2.45) is 0 Å². The summed E-state index contributed by atoms with van der Waals surface area (Å²) in [6.45, 7) is 1.41. The van der Waals surface area contributed by atoms with Crippen LogP contribution in [-0.2, 0) is 14.3 Å². The van der Waals surface area contributed by atoms with Gasteiger partial charge >= 0.3 is 5.97 Å². The van der Waals surface area contributed by atoms with E-state index in [9.17, 15) is 9.59 Å². The van der Waals surface area contributed by atoms with Gasteiger partial charge < -0.3 is 15.2 Å². The van der Waals surface area contributed by atoms with Crippen molar-refractivity contribution in [3.05, 3.63) is 29.8 Å². The van der Waals surface area contributed by atoms with Crippen LogP contribution >= 0.6 is 0 Å². The first-order valence-electron chi connectivity index (χ1n) is 4.67. The van der Waals surface area contributed by atoms with Crippen molar-refractivity contribution in [3.8, 4) is 0 Å². The highest BCUT2D eigenvalue weighted by Crippen LogP contribution is 2.19. The maximum absolute atomic E-state index is 10.8. The summed E-state index contributed by atoms with van der Waals surface area (Å²) in [5.74, 6) is -1.22. The number of amides is 1. The van der Waals surface area contributed by atoms with Crippen molar-refractivity contribution in [1.29, 1.82) is 0 Å². The number of hydrogen-bond acceptors (Lipinski definition) is 3. The first kappa shape index (κ1) is 12.2. The lowest BCUT2D eigenvalue weighted by Crippen LogP contribution is -2.13. The summed E-state index contributed by atoms with van der Waals surface area (Å²) in [7, 11) is 1.33. The third kappa shape index (κ3) is 3.06. The molecule has 0 heterocycles. The van der Waals surface area contributed by atoms with Crippen LogP contribution in [0, 0.1) is 0 Å². The fourth-order valence-electron chi connectivity index (χ4n) is 1.32. The van der Waals surface area contributed by atoms with Gasteiger partial charge in [-0.15, -0.1) is 0 Å². The van der Waals surface area contributed by atoms with E-state index in [0.29, 0.717) is 11.3 Å². The number of carboxylic acids is 1. The smallest absolute Gasteiger partial charge is 0.337 e. The SMILES string of the molecule is COC(C(=O)O)c1ccc(NC(C)=O)cc1. The third-order valence-electron chi connectivity index (χ3n) is 1.99. The second kappa shape index (κ2) is 5.27. The van der Waals surface area contributed by atoms with E-state index in [0.717, 1.165) is 0 Å². The number of nitrogens with one attached hydrogen (secondary N) is 1. The molecule has 1 rings (SSSR count). The molecule has 1 aromatic rings. The largest absolute Gasteiger partial charge is 0.479 e. The van der Waals surface area contributed by atoms with E-state index in [2.05, 4.69) is 5.32 Å². The van der Waals surface area contributed by atoms with E-state index in [-0.39, 0.29) is 5.91 Å². The van der Waals surface area contributed by atoms with E-state index in [1.807, 2.05) is 0 Å². The normalized spacial score (nSPS) is 11.9. The zero-order valence-electron chi connectivity index (χ0n) is 9.06. The van der Waals surface area contributed by atoms with Crippen molar-refractivity contribution < 1.29 is 19.4 Å². The van der Waals surface area contributed by atoms with Gasteiger partial charge in [0, 0.05) is 19.7 Å². The molecule has 0 bridgehead atoms. The van der Waals surface area contributed by atoms with Crippen molar-refractivity contribution in [1.82, 2.24) is 0 Å². The number of hydrogen-bond donors (Lipinski definition) is 2. The average molecular weight is 223 g/mol. The number of benzene rings is 1. The first-order valence-corrected chi connectivity index (χ1v) is 4.67. The number of anilines is 1. The molecule has 0 fully saturated rings. The van der Waals surface area contributed by atoms with Crippen molar-refractivity contribution in [2.45, 2.75) is 13.0 Å². The van der Waals surface area contributed by atoms with Crippen LogP contribution in [0.15, 0.2) is 24.3 Å². The molecule has 0 aliphatic rings. The highest BCUT2D eigenvalue weighted by atomic mass is 16.5. The molecule has 1 atom stereocenters. The molecule has 0 saturated heterocycles. The van der Waals surface area contributed by atoms with Gasteiger partial charge in [-0.25, -0.2) is 4.79 Å². The van der Waals surface area contributed by atoms with E-state index < -0.39 is 12.1 Å². The van der Waals surface area contributed by atoms with E-state index in [4.69, 9.17) is 9.84 Å². The van der Waals surface area contributed by atoms with Crippen LogP contribution in [0.4, 0.5) is 5.69 Å². The minimum Gasteiger partial charge on any atom is -0.479 e. The van der Waals surface area contributed by atoms with Crippen LogP contribution in [0.5, 0.6) is 0 Å². The van der Waals surface area contributed by atoms with E-state index >= 15 is 0 Å². The zero-order valence-corrected chi connectivity index (χ0v) is 9.06. The van der Waals surface area contributed by atoms with Crippen LogP contribution in [0.3, 0.4) is 0 Å². The molecule has 0 spiro atoms. The zero-order chi connectivity index (χ0) is 12.1. The molecule has 5 nitrogen and oxygen atoms in total. The standard InChI is InChI=1S/C11H13NO4/c1-7(13)12-9-5-3-8(4-6-9)10(16-2)11(14)15/h3-6,10H,1-2H3,(H,12,13)(H,14,15). The molecule has 5 heteroatoms. The second-order valence-electron chi connectivity index (χ2n) is 3.26. The Morgan fingerprint density at radius 2 is 1.88 bits per heavy atom. The molecule has 1 unspecified atom stereocenters. The number of methoxy groups -OCH3 is 1. The van der Waals surface area contributed by atoms with Gasteiger partial charge in [-0.05, 0) is 17.7 Å². The summed E-state index contributed by atoms with van der Waals surface area (Å²) in [5, 5.41) is 11.4. The lowest BCUT2D eigenvalue weighted by molar-refractivity contribution is -0.148. The summed E-state index contributed by atoms with van der Waals surface area (Å²) < 4.78 is 4.83. The van der Waals surface area contributed by atoms with Crippen LogP contribution in [0.2, 0.25) is 0 Å². The molecule has 1 aromatic carbocycles. The van der Waals surface area contributed by atoms with Crippen LogP contribution in [0.25, 0.3) is 0 Å². The number of rotatable bonds is 4. The molecule has 0 aromatic heterocycles. The van der Waals surface area contributed by atoms with Gasteiger partial charge in [-0.1, -0.05) is 12.1 Å². The minimum absolute atomic E-state index is 0.172. The lowest BCUT2D eigenvalue weighted by atomic mass is 10.1. The Morgan fingerprint density at radius 1 is 1.31 bits per heavy atom. The summed E-state index contributed by atoms with van der Waals surface area (Å²) >= 11 is 0. The summed E-state index contributed by atoms with van der Waals surface area (Å²) in [5.41, 5.74) is 1.15. The summed E-state index contributed by atoms with van der Waals surface area (Å²) in [4.78, 5) is 21.6. The number of carbonyl (C=O) groups is 2. The molecule has 16 heavy (non-hydrogen) atoms. The van der Waals surface area contributed by atoms with Crippen molar-refractivity contribution >= 4 is 17.6 Å². The molecule has 86 valence electrons. The van der Waals surface area contributed by atoms with Crippen LogP contribution in [-0.4, -0.2) is 24.1 Å². The van der Waals surface area contributed by atoms with E-state index in [1.54, 1.807) is 24.3 Å². The summed E-state index contributed by atoms with van der Waals surface area (Å²) in [6.07, 6.45) is -0.980. The van der Waals surface area contributed by atoms with Gasteiger partial charge in [0.05, 0.1) is 0 Å². The Labute approximate surface area is 93.0 Å². The van der Waals surface area contributed by atoms with Gasteiger partial charge in [0.1, 0.15) is 0 Å². The van der Waals surface area contributed by atoms with Gasteiger partial charge in [0.2, 0.25) is 5.91 Å². The van der Waals surface area contributed by atoms with Gasteiger partial charge in [-0.2, -0.15) is 0 Å². The summed E-state index contributed by atoms with van der Waals surface area (Å²) in [6, 6.07) is 6.47. The highest BCUT2D eigenvalue weighted by Gasteiger charge is 2.18. The molecule has 0 radical (unpaired) electrons. The number of carbonyl (C=O) groups excluding carboxylic acids is 1. The molecular formula is C11H13NO4. The third-order valence-corrected chi connectivity index (χ3v) is 1.99. The van der Waals surface area contributed by atoms with Gasteiger partial charge in [0.25, 0.3) is 0 Å². The minimum atomic E-state index is -1.05. The molecular weight excluding hydrogens is 210 g/mol. The molecule has 0 aliphatic carbocycles. The lowest BCUT2D eigenvalue weighted by Gasteiger charge is -2.11. The maximum atomic E-state index is 10.8.